The van der Waals surface area contributed by atoms with Gasteiger partial charge >= 0.3 is 0 Å². The van der Waals surface area contributed by atoms with Crippen LogP contribution in [-0.2, 0) is 4.74 Å². The van der Waals surface area contributed by atoms with Crippen molar-refractivity contribution in [3.05, 3.63) is 0 Å². The van der Waals surface area contributed by atoms with E-state index in [1.807, 2.05) is 0 Å². The minimum absolute atomic E-state index is 0.768. The molecule has 3 nitrogen and oxygen atoms in total. The van der Waals surface area contributed by atoms with Gasteiger partial charge in [-0.1, -0.05) is 6.92 Å². The molecule has 0 bridgehead atoms. The molecule has 0 radical (unpaired) electrons. The van der Waals surface area contributed by atoms with Crippen LogP contribution in [0.3, 0.4) is 0 Å². The smallest absolute Gasteiger partial charge is 0.0594 e. The maximum atomic E-state index is 5.34. The Hall–Kier alpha value is 0.230. The lowest BCUT2D eigenvalue weighted by atomic mass is 10.2. The third-order valence-electron chi connectivity index (χ3n) is 3.39. The zero-order chi connectivity index (χ0) is 11.2. The maximum absolute atomic E-state index is 5.34. The van der Waals surface area contributed by atoms with Crippen molar-refractivity contribution in [3.63, 3.8) is 0 Å². The number of hydrogen-bond acceptors (Lipinski definition) is 4. The van der Waals surface area contributed by atoms with E-state index in [2.05, 4.69) is 28.9 Å². The molecule has 0 aromatic carbocycles. The van der Waals surface area contributed by atoms with E-state index in [-0.39, 0.29) is 0 Å². The van der Waals surface area contributed by atoms with Gasteiger partial charge in [-0.25, -0.2) is 0 Å². The number of thioether (sulfide) groups is 1. The van der Waals surface area contributed by atoms with Crippen LogP contribution in [-0.4, -0.2) is 61.3 Å². The number of ether oxygens (including phenoxy) is 1. The van der Waals surface area contributed by atoms with Crippen molar-refractivity contribution in [3.8, 4) is 0 Å². The van der Waals surface area contributed by atoms with Crippen LogP contribution in [0.5, 0.6) is 0 Å². The molecular weight excluding hydrogens is 220 g/mol. The van der Waals surface area contributed by atoms with Crippen LogP contribution in [0.2, 0.25) is 0 Å². The SMILES string of the molecule is CC1CC(NCCCN2CCOCC2)CS1. The molecule has 0 aromatic heterocycles. The van der Waals surface area contributed by atoms with Gasteiger partial charge in [0.05, 0.1) is 13.2 Å². The zero-order valence-electron chi connectivity index (χ0n) is 10.3. The van der Waals surface area contributed by atoms with Crippen molar-refractivity contribution < 1.29 is 4.74 Å². The molecule has 0 amide bonds. The minimum Gasteiger partial charge on any atom is -0.379 e. The summed E-state index contributed by atoms with van der Waals surface area (Å²) in [6.45, 7) is 8.82. The Morgan fingerprint density at radius 2 is 2.19 bits per heavy atom. The molecule has 2 saturated heterocycles. The van der Waals surface area contributed by atoms with E-state index in [0.29, 0.717) is 0 Å². The first-order valence-electron chi connectivity index (χ1n) is 6.49. The van der Waals surface area contributed by atoms with E-state index in [1.54, 1.807) is 0 Å². The predicted molar refractivity (Wildman–Crippen MR) is 70.2 cm³/mol. The predicted octanol–water partition coefficient (Wildman–Crippen LogP) is 1.19. The second kappa shape index (κ2) is 6.84. The van der Waals surface area contributed by atoms with Crippen molar-refractivity contribution >= 4 is 11.8 Å². The minimum atomic E-state index is 0.768. The van der Waals surface area contributed by atoms with Crippen molar-refractivity contribution in [2.24, 2.45) is 0 Å². The van der Waals surface area contributed by atoms with Crippen LogP contribution < -0.4 is 5.32 Å². The summed E-state index contributed by atoms with van der Waals surface area (Å²) in [5.74, 6) is 1.30. The molecule has 2 heterocycles. The summed E-state index contributed by atoms with van der Waals surface area (Å²) >= 11 is 2.10. The van der Waals surface area contributed by atoms with E-state index in [9.17, 15) is 0 Å². The molecule has 2 atom stereocenters. The molecule has 2 unspecified atom stereocenters. The Bertz CT molecular complexity index is 191. The number of nitrogens with one attached hydrogen (secondary N) is 1. The van der Waals surface area contributed by atoms with Crippen LogP contribution in [0.1, 0.15) is 19.8 Å². The Balaban J connectivity index is 1.48. The van der Waals surface area contributed by atoms with Crippen LogP contribution in [0.25, 0.3) is 0 Å². The third kappa shape index (κ3) is 4.24. The quantitative estimate of drug-likeness (QED) is 0.734. The van der Waals surface area contributed by atoms with Gasteiger partial charge in [0, 0.05) is 30.1 Å². The molecule has 0 saturated carbocycles. The van der Waals surface area contributed by atoms with E-state index >= 15 is 0 Å². The van der Waals surface area contributed by atoms with Crippen LogP contribution in [0.15, 0.2) is 0 Å². The molecule has 2 fully saturated rings. The van der Waals surface area contributed by atoms with Crippen LogP contribution >= 0.6 is 11.8 Å². The zero-order valence-corrected chi connectivity index (χ0v) is 11.1. The van der Waals surface area contributed by atoms with Gasteiger partial charge in [-0.05, 0) is 25.9 Å². The number of rotatable bonds is 5. The van der Waals surface area contributed by atoms with Crippen molar-refractivity contribution in [1.82, 2.24) is 10.2 Å². The summed E-state index contributed by atoms with van der Waals surface area (Å²) in [7, 11) is 0. The molecule has 0 aliphatic carbocycles. The highest BCUT2D eigenvalue weighted by molar-refractivity contribution is 8.00. The van der Waals surface area contributed by atoms with Crippen molar-refractivity contribution in [1.29, 1.82) is 0 Å². The van der Waals surface area contributed by atoms with Crippen LogP contribution in [0, 0.1) is 0 Å². The molecular formula is C12H24N2OS. The summed E-state index contributed by atoms with van der Waals surface area (Å²) in [6.07, 6.45) is 2.62. The van der Waals surface area contributed by atoms with Gasteiger partial charge in [0.25, 0.3) is 0 Å². The van der Waals surface area contributed by atoms with Gasteiger partial charge in [0.1, 0.15) is 0 Å². The highest BCUT2D eigenvalue weighted by atomic mass is 32.2. The topological polar surface area (TPSA) is 24.5 Å². The molecule has 4 heteroatoms. The lowest BCUT2D eigenvalue weighted by molar-refractivity contribution is 0.0374. The Morgan fingerprint density at radius 1 is 1.38 bits per heavy atom. The van der Waals surface area contributed by atoms with Gasteiger partial charge < -0.3 is 10.1 Å². The number of morpholine rings is 1. The van der Waals surface area contributed by atoms with Gasteiger partial charge in [-0.2, -0.15) is 11.8 Å². The summed E-state index contributed by atoms with van der Waals surface area (Å²) in [5.41, 5.74) is 0. The Kier molecular flexibility index (Phi) is 5.42. The van der Waals surface area contributed by atoms with E-state index in [0.717, 1.165) is 37.6 Å². The normalized spacial score (nSPS) is 32.1. The molecule has 2 aliphatic rings. The molecule has 0 spiro atoms. The van der Waals surface area contributed by atoms with Gasteiger partial charge in [-0.15, -0.1) is 0 Å². The second-order valence-electron chi connectivity index (χ2n) is 4.84. The molecule has 0 aromatic rings. The first kappa shape index (κ1) is 12.7. The lowest BCUT2D eigenvalue weighted by Crippen LogP contribution is -2.38. The number of nitrogens with zero attached hydrogens (tertiary/aromatic N) is 1. The molecule has 16 heavy (non-hydrogen) atoms. The standard InChI is InChI=1S/C12H24N2OS/c1-11-9-12(10-16-11)13-3-2-4-14-5-7-15-8-6-14/h11-13H,2-10H2,1H3. The van der Waals surface area contributed by atoms with Gasteiger partial charge in [-0.3, -0.25) is 4.90 Å². The number of hydrogen-bond donors (Lipinski definition) is 1. The molecule has 94 valence electrons. The van der Waals surface area contributed by atoms with Crippen LogP contribution in [0.4, 0.5) is 0 Å². The van der Waals surface area contributed by atoms with Crippen molar-refractivity contribution in [2.45, 2.75) is 31.1 Å². The van der Waals surface area contributed by atoms with E-state index in [1.165, 1.54) is 31.7 Å². The largest absolute Gasteiger partial charge is 0.379 e. The summed E-state index contributed by atoms with van der Waals surface area (Å²) in [4.78, 5) is 2.51. The molecule has 2 aliphatic heterocycles. The first-order chi connectivity index (χ1) is 7.84. The van der Waals surface area contributed by atoms with E-state index < -0.39 is 0 Å². The monoisotopic (exact) mass is 244 g/mol. The van der Waals surface area contributed by atoms with Crippen molar-refractivity contribution in [2.75, 3.05) is 45.1 Å². The first-order valence-corrected chi connectivity index (χ1v) is 7.54. The fourth-order valence-corrected chi connectivity index (χ4v) is 3.58. The molecule has 1 N–H and O–H groups in total. The summed E-state index contributed by atoms with van der Waals surface area (Å²) in [6, 6.07) is 0.768. The fraction of sp³-hybridized carbons (Fsp3) is 1.00. The Morgan fingerprint density at radius 3 is 2.88 bits per heavy atom. The highest BCUT2D eigenvalue weighted by Crippen LogP contribution is 2.25. The van der Waals surface area contributed by atoms with E-state index in [4.69, 9.17) is 4.74 Å². The fourth-order valence-electron chi connectivity index (χ4n) is 2.39. The lowest BCUT2D eigenvalue weighted by Gasteiger charge is -2.26. The Labute approximate surface area is 103 Å². The second-order valence-corrected chi connectivity index (χ2v) is 6.31. The summed E-state index contributed by atoms with van der Waals surface area (Å²) in [5, 5.41) is 4.53. The third-order valence-corrected chi connectivity index (χ3v) is 4.74. The van der Waals surface area contributed by atoms with Gasteiger partial charge in [0.15, 0.2) is 0 Å². The average Bonchev–Trinajstić information content (AvgIpc) is 2.72. The molecule has 2 rings (SSSR count). The maximum Gasteiger partial charge on any atom is 0.0594 e. The van der Waals surface area contributed by atoms with Gasteiger partial charge in [0.2, 0.25) is 0 Å². The highest BCUT2D eigenvalue weighted by Gasteiger charge is 2.20. The summed E-state index contributed by atoms with van der Waals surface area (Å²) < 4.78 is 5.34. The average molecular weight is 244 g/mol.